The van der Waals surface area contributed by atoms with Crippen LogP contribution in [0.5, 0.6) is 0 Å². The molecule has 5 heteroatoms. The number of nitrogens with zero attached hydrogens (tertiary/aromatic N) is 1. The van der Waals surface area contributed by atoms with Gasteiger partial charge in [-0.3, -0.25) is 0 Å². The molecule has 0 aliphatic heterocycles. The van der Waals surface area contributed by atoms with Gasteiger partial charge in [-0.15, -0.1) is 0 Å². The van der Waals surface area contributed by atoms with Gasteiger partial charge in [-0.1, -0.05) is 26.3 Å². The Labute approximate surface area is 117 Å². The quantitative estimate of drug-likeness (QED) is 0.458. The highest BCUT2D eigenvalue weighted by atomic mass is 32.2. The predicted octanol–water partition coefficient (Wildman–Crippen LogP) is 2.28. The Kier molecular flexibility index (Phi) is 9.43. The van der Waals surface area contributed by atoms with E-state index in [4.69, 9.17) is 13.0 Å². The first-order valence-electron chi connectivity index (χ1n) is 6.76. The summed E-state index contributed by atoms with van der Waals surface area (Å²) in [5.74, 6) is 0. The second kappa shape index (κ2) is 9.92. The van der Waals surface area contributed by atoms with Gasteiger partial charge in [-0.25, -0.2) is 13.0 Å². The third kappa shape index (κ3) is 11.9. The van der Waals surface area contributed by atoms with Crippen LogP contribution in [0.2, 0.25) is 0 Å². The molecule has 0 fully saturated rings. The third-order valence-electron chi connectivity index (χ3n) is 2.54. The van der Waals surface area contributed by atoms with Crippen LogP contribution in [-0.4, -0.2) is 19.2 Å². The molecule has 19 heavy (non-hydrogen) atoms. The highest BCUT2D eigenvalue weighted by molar-refractivity contribution is 7.84. The molecule has 110 valence electrons. The molecule has 0 aromatic carbocycles. The lowest BCUT2D eigenvalue weighted by Crippen LogP contribution is -2.37. The molecular formula is C14H25NO3S. The Hall–Kier alpha value is -0.940. The van der Waals surface area contributed by atoms with Crippen molar-refractivity contribution in [3.8, 4) is 0 Å². The predicted molar refractivity (Wildman–Crippen MR) is 75.8 cm³/mol. The summed E-state index contributed by atoms with van der Waals surface area (Å²) in [5, 5.41) is 0. The molecule has 0 spiro atoms. The molecule has 0 N–H and O–H groups in total. The Balaban J connectivity index is 0.000000555. The Morgan fingerprint density at radius 2 is 1.79 bits per heavy atom. The summed E-state index contributed by atoms with van der Waals surface area (Å²) in [5.41, 5.74) is 1.48. The first-order valence-corrected chi connectivity index (χ1v) is 8.58. The molecule has 0 saturated carbocycles. The minimum absolute atomic E-state index is 0.604. The van der Waals surface area contributed by atoms with Gasteiger partial charge in [0.15, 0.2) is 11.9 Å². The maximum Gasteiger partial charge on any atom is 0.181 e. The Bertz CT molecular complexity index is 436. The van der Waals surface area contributed by atoms with E-state index in [1.807, 2.05) is 0 Å². The summed E-state index contributed by atoms with van der Waals surface area (Å²) in [6.45, 7) is 5.68. The molecule has 1 aromatic rings. The van der Waals surface area contributed by atoms with Crippen LogP contribution in [0.1, 0.15) is 45.2 Å². The van der Waals surface area contributed by atoms with Crippen molar-refractivity contribution < 1.29 is 17.5 Å². The Morgan fingerprint density at radius 1 is 1.16 bits per heavy atom. The first kappa shape index (κ1) is 18.1. The van der Waals surface area contributed by atoms with Crippen molar-refractivity contribution in [2.75, 3.05) is 6.26 Å². The molecule has 1 rings (SSSR count). The summed E-state index contributed by atoms with van der Waals surface area (Å²) in [6.07, 6.45) is 9.20. The van der Waals surface area contributed by atoms with Gasteiger partial charge in [0.05, 0.1) is 10.1 Å². The molecule has 4 nitrogen and oxygen atoms in total. The monoisotopic (exact) mass is 287 g/mol. The molecule has 0 bridgehead atoms. The molecule has 0 aliphatic rings. The highest BCUT2D eigenvalue weighted by Gasteiger charge is 2.06. The number of aryl methyl sites for hydroxylation is 2. The fourth-order valence-corrected chi connectivity index (χ4v) is 1.75. The van der Waals surface area contributed by atoms with E-state index in [1.54, 1.807) is 0 Å². The van der Waals surface area contributed by atoms with Crippen LogP contribution in [0.3, 0.4) is 0 Å². The summed E-state index contributed by atoms with van der Waals surface area (Å²) >= 11 is 0. The average molecular weight is 287 g/mol. The number of rotatable bonds is 6. The summed E-state index contributed by atoms with van der Waals surface area (Å²) in [4.78, 5) is 0. The zero-order valence-electron chi connectivity index (χ0n) is 12.1. The summed E-state index contributed by atoms with van der Waals surface area (Å²) in [6, 6.07) is 6.52. The van der Waals surface area contributed by atoms with Gasteiger partial charge in [-0.05, 0) is 12.8 Å². The van der Waals surface area contributed by atoms with E-state index < -0.39 is 10.1 Å². The van der Waals surface area contributed by atoms with E-state index in [2.05, 4.69) is 42.8 Å². The lowest BCUT2D eigenvalue weighted by atomic mass is 10.2. The average Bonchev–Trinajstić information content (AvgIpc) is 2.30. The van der Waals surface area contributed by atoms with Gasteiger partial charge in [-0.2, -0.15) is 0 Å². The van der Waals surface area contributed by atoms with Crippen molar-refractivity contribution in [3.63, 3.8) is 0 Å². The van der Waals surface area contributed by atoms with Crippen LogP contribution in [0.25, 0.3) is 0 Å². The van der Waals surface area contributed by atoms with Crippen molar-refractivity contribution in [2.24, 2.45) is 0 Å². The standard InChI is InChI=1S/C13H22N.CH4O3S/c1-3-5-7-11-14-12-8-6-10-13(14)9-4-2;1-5(2,3)4/h6,8,10,12H,3-5,7,9,11H2,1-2H3;1H3,(H,2,3,4)/q+1;/p-1. The van der Waals surface area contributed by atoms with Crippen molar-refractivity contribution in [2.45, 2.75) is 52.5 Å². The second-order valence-corrected chi connectivity index (χ2v) is 5.95. The topological polar surface area (TPSA) is 61.1 Å². The van der Waals surface area contributed by atoms with E-state index in [0.29, 0.717) is 6.26 Å². The van der Waals surface area contributed by atoms with Crippen molar-refractivity contribution in [1.29, 1.82) is 0 Å². The van der Waals surface area contributed by atoms with E-state index in [9.17, 15) is 0 Å². The fourth-order valence-electron chi connectivity index (χ4n) is 1.75. The minimum atomic E-state index is -3.92. The lowest BCUT2D eigenvalue weighted by Gasteiger charge is -2.01. The van der Waals surface area contributed by atoms with E-state index in [1.165, 1.54) is 44.3 Å². The van der Waals surface area contributed by atoms with Crippen molar-refractivity contribution in [3.05, 3.63) is 30.1 Å². The SMILES string of the molecule is CCCCC[n+]1ccccc1CCC.CS(=O)(=O)[O-]. The van der Waals surface area contributed by atoms with Crippen LogP contribution in [0, 0.1) is 0 Å². The second-order valence-electron chi connectivity index (χ2n) is 4.55. The smallest absolute Gasteiger partial charge is 0.181 e. The van der Waals surface area contributed by atoms with Crippen molar-refractivity contribution in [1.82, 2.24) is 0 Å². The molecule has 0 amide bonds. The molecule has 0 atom stereocenters. The van der Waals surface area contributed by atoms with E-state index >= 15 is 0 Å². The van der Waals surface area contributed by atoms with Crippen LogP contribution in [0.15, 0.2) is 24.4 Å². The zero-order valence-corrected chi connectivity index (χ0v) is 12.9. The first-order chi connectivity index (χ1) is 8.88. The van der Waals surface area contributed by atoms with Crippen LogP contribution >= 0.6 is 0 Å². The number of unbranched alkanes of at least 4 members (excludes halogenated alkanes) is 2. The molecule has 0 unspecified atom stereocenters. The number of hydrogen-bond acceptors (Lipinski definition) is 3. The molecule has 1 aromatic heterocycles. The highest BCUT2D eigenvalue weighted by Crippen LogP contribution is 1.99. The molecular weight excluding hydrogens is 262 g/mol. The molecule has 0 aliphatic carbocycles. The normalized spacial score (nSPS) is 10.7. The van der Waals surface area contributed by atoms with Gasteiger partial charge in [0.25, 0.3) is 0 Å². The minimum Gasteiger partial charge on any atom is -0.748 e. The third-order valence-corrected chi connectivity index (χ3v) is 2.54. The largest absolute Gasteiger partial charge is 0.748 e. The van der Waals surface area contributed by atoms with Gasteiger partial charge < -0.3 is 4.55 Å². The molecule has 0 saturated heterocycles. The fraction of sp³-hybridized carbons (Fsp3) is 0.643. The molecule has 0 radical (unpaired) electrons. The van der Waals surface area contributed by atoms with E-state index in [0.717, 1.165) is 0 Å². The summed E-state index contributed by atoms with van der Waals surface area (Å²) in [7, 11) is -3.92. The Morgan fingerprint density at radius 3 is 2.32 bits per heavy atom. The van der Waals surface area contributed by atoms with Gasteiger partial charge in [0.1, 0.15) is 6.54 Å². The van der Waals surface area contributed by atoms with Gasteiger partial charge in [0, 0.05) is 31.2 Å². The molecule has 1 heterocycles. The van der Waals surface area contributed by atoms with Gasteiger partial charge >= 0.3 is 0 Å². The zero-order chi connectivity index (χ0) is 14.7. The number of hydrogen-bond donors (Lipinski definition) is 0. The van der Waals surface area contributed by atoms with Gasteiger partial charge in [0.2, 0.25) is 0 Å². The summed E-state index contributed by atoms with van der Waals surface area (Å²) < 4.78 is 29.6. The van der Waals surface area contributed by atoms with E-state index in [-0.39, 0.29) is 0 Å². The van der Waals surface area contributed by atoms with Crippen LogP contribution in [0.4, 0.5) is 0 Å². The van der Waals surface area contributed by atoms with Crippen LogP contribution in [-0.2, 0) is 23.1 Å². The van der Waals surface area contributed by atoms with Crippen LogP contribution < -0.4 is 4.57 Å². The van der Waals surface area contributed by atoms with Crippen molar-refractivity contribution >= 4 is 10.1 Å². The number of aromatic nitrogens is 1. The maximum absolute atomic E-state index is 9.08. The maximum atomic E-state index is 9.08. The lowest BCUT2D eigenvalue weighted by molar-refractivity contribution is -0.704. The number of pyridine rings is 1.